The lowest BCUT2D eigenvalue weighted by atomic mass is 9.91. The normalized spacial score (nSPS) is 17.8. The van der Waals surface area contributed by atoms with E-state index in [0.29, 0.717) is 17.9 Å². The minimum atomic E-state index is -0.730. The standard InChI is InChI=1S/C26H25NO5/c1-3-32-19-11-6-10-18(16-19)24(28)22-23(27(14-15-31-2)26(30)25(22)29)21-13-7-9-17-8-4-5-12-20(17)21/h4-13,16,23,28H,3,14-15H2,1-2H3/b24-22-. The molecule has 1 aliphatic heterocycles. The van der Waals surface area contributed by atoms with Crippen molar-refractivity contribution in [2.75, 3.05) is 26.9 Å². The number of ether oxygens (including phenoxy) is 2. The molecule has 0 bridgehead atoms. The van der Waals surface area contributed by atoms with Gasteiger partial charge in [0.15, 0.2) is 0 Å². The predicted molar refractivity (Wildman–Crippen MR) is 122 cm³/mol. The van der Waals surface area contributed by atoms with Crippen LogP contribution >= 0.6 is 0 Å². The van der Waals surface area contributed by atoms with Crippen LogP contribution in [0.3, 0.4) is 0 Å². The maximum absolute atomic E-state index is 13.1. The summed E-state index contributed by atoms with van der Waals surface area (Å²) in [5.41, 5.74) is 1.27. The molecule has 0 saturated carbocycles. The SMILES string of the molecule is CCOc1cccc(/C(O)=C2/C(=O)C(=O)N(CCOC)C2c2cccc3ccccc23)c1. The summed E-state index contributed by atoms with van der Waals surface area (Å²) in [5, 5.41) is 13.1. The Morgan fingerprint density at radius 3 is 2.56 bits per heavy atom. The Balaban J connectivity index is 1.93. The van der Waals surface area contributed by atoms with E-state index in [2.05, 4.69) is 0 Å². The predicted octanol–water partition coefficient (Wildman–Crippen LogP) is 4.31. The number of hydrogen-bond donors (Lipinski definition) is 1. The third-order valence-corrected chi connectivity index (χ3v) is 5.61. The molecule has 3 aromatic rings. The van der Waals surface area contributed by atoms with Crippen LogP contribution in [0.15, 0.2) is 72.3 Å². The fraction of sp³-hybridized carbons (Fsp3) is 0.231. The molecule has 164 valence electrons. The quantitative estimate of drug-likeness (QED) is 0.343. The number of rotatable bonds is 7. The second kappa shape index (κ2) is 9.24. The fourth-order valence-corrected chi connectivity index (χ4v) is 4.17. The van der Waals surface area contributed by atoms with E-state index in [9.17, 15) is 14.7 Å². The number of aliphatic hydroxyl groups is 1. The summed E-state index contributed by atoms with van der Waals surface area (Å²) >= 11 is 0. The molecule has 1 saturated heterocycles. The van der Waals surface area contributed by atoms with Gasteiger partial charge < -0.3 is 19.5 Å². The van der Waals surface area contributed by atoms with E-state index >= 15 is 0 Å². The van der Waals surface area contributed by atoms with Crippen molar-refractivity contribution in [1.29, 1.82) is 0 Å². The minimum Gasteiger partial charge on any atom is -0.507 e. The molecule has 1 N–H and O–H groups in total. The molecule has 1 fully saturated rings. The Hall–Kier alpha value is -3.64. The first-order valence-electron chi connectivity index (χ1n) is 10.5. The summed E-state index contributed by atoms with van der Waals surface area (Å²) < 4.78 is 10.7. The van der Waals surface area contributed by atoms with Crippen molar-refractivity contribution >= 4 is 28.2 Å². The summed E-state index contributed by atoms with van der Waals surface area (Å²) in [6.45, 7) is 2.84. The number of amides is 1. The molecule has 4 rings (SSSR count). The highest BCUT2D eigenvalue weighted by Crippen LogP contribution is 2.41. The number of nitrogens with zero attached hydrogens (tertiary/aromatic N) is 1. The average molecular weight is 431 g/mol. The number of fused-ring (bicyclic) bond motifs is 1. The van der Waals surface area contributed by atoms with Gasteiger partial charge in [0.2, 0.25) is 0 Å². The molecule has 1 atom stereocenters. The van der Waals surface area contributed by atoms with Crippen molar-refractivity contribution in [2.24, 2.45) is 0 Å². The number of aliphatic hydroxyl groups excluding tert-OH is 1. The van der Waals surface area contributed by atoms with Gasteiger partial charge in [0.25, 0.3) is 11.7 Å². The van der Waals surface area contributed by atoms with Gasteiger partial charge in [-0.1, -0.05) is 54.6 Å². The summed E-state index contributed by atoms with van der Waals surface area (Å²) in [6, 6.07) is 19.7. The molecule has 1 unspecified atom stereocenters. The first-order valence-corrected chi connectivity index (χ1v) is 10.5. The second-order valence-electron chi connectivity index (χ2n) is 7.51. The van der Waals surface area contributed by atoms with Gasteiger partial charge >= 0.3 is 0 Å². The van der Waals surface area contributed by atoms with Crippen LogP contribution in [0.4, 0.5) is 0 Å². The Morgan fingerprint density at radius 1 is 1.03 bits per heavy atom. The molecular weight excluding hydrogens is 406 g/mol. The van der Waals surface area contributed by atoms with Gasteiger partial charge in [0.05, 0.1) is 24.8 Å². The maximum atomic E-state index is 13.1. The molecule has 0 aromatic heterocycles. The van der Waals surface area contributed by atoms with Crippen molar-refractivity contribution < 1.29 is 24.2 Å². The number of likely N-dealkylation sites (tertiary alicyclic amines) is 1. The molecular formula is C26H25NO5. The van der Waals surface area contributed by atoms with Crippen molar-refractivity contribution in [3.63, 3.8) is 0 Å². The molecule has 0 spiro atoms. The number of methoxy groups -OCH3 is 1. The van der Waals surface area contributed by atoms with Gasteiger partial charge in [-0.2, -0.15) is 0 Å². The van der Waals surface area contributed by atoms with Crippen LogP contribution in [0, 0.1) is 0 Å². The van der Waals surface area contributed by atoms with Crippen molar-refractivity contribution in [3.05, 3.63) is 83.4 Å². The molecule has 0 aliphatic carbocycles. The zero-order chi connectivity index (χ0) is 22.7. The van der Waals surface area contributed by atoms with Gasteiger partial charge in [-0.25, -0.2) is 0 Å². The fourth-order valence-electron chi connectivity index (χ4n) is 4.17. The Labute approximate surface area is 186 Å². The van der Waals surface area contributed by atoms with Crippen LogP contribution in [-0.2, 0) is 14.3 Å². The van der Waals surface area contributed by atoms with Crippen LogP contribution in [-0.4, -0.2) is 48.6 Å². The second-order valence-corrected chi connectivity index (χ2v) is 7.51. The Bertz CT molecular complexity index is 1190. The van der Waals surface area contributed by atoms with E-state index in [0.717, 1.165) is 16.3 Å². The van der Waals surface area contributed by atoms with Crippen molar-refractivity contribution in [3.8, 4) is 5.75 Å². The van der Waals surface area contributed by atoms with Crippen LogP contribution < -0.4 is 4.74 Å². The van der Waals surface area contributed by atoms with E-state index in [1.165, 1.54) is 4.90 Å². The van der Waals surface area contributed by atoms with Crippen LogP contribution in [0.25, 0.3) is 16.5 Å². The van der Waals surface area contributed by atoms with Crippen LogP contribution in [0.1, 0.15) is 24.1 Å². The van der Waals surface area contributed by atoms with E-state index in [-0.39, 0.29) is 24.5 Å². The zero-order valence-corrected chi connectivity index (χ0v) is 18.1. The Kier molecular flexibility index (Phi) is 6.23. The highest BCUT2D eigenvalue weighted by Gasteiger charge is 2.46. The van der Waals surface area contributed by atoms with Gasteiger partial charge in [0.1, 0.15) is 11.5 Å². The largest absolute Gasteiger partial charge is 0.507 e. The molecule has 1 amide bonds. The first kappa shape index (κ1) is 21.6. The van der Waals surface area contributed by atoms with Crippen LogP contribution in [0.5, 0.6) is 5.75 Å². The molecule has 3 aromatic carbocycles. The summed E-state index contributed by atoms with van der Waals surface area (Å²) in [5.74, 6) is -1.00. The number of Topliss-reactive ketones (excluding diaryl/α,β-unsaturated/α-hetero) is 1. The average Bonchev–Trinajstić information content (AvgIpc) is 3.07. The van der Waals surface area contributed by atoms with E-state index in [1.807, 2.05) is 49.4 Å². The van der Waals surface area contributed by atoms with Crippen molar-refractivity contribution in [2.45, 2.75) is 13.0 Å². The highest BCUT2D eigenvalue weighted by molar-refractivity contribution is 6.46. The van der Waals surface area contributed by atoms with Gasteiger partial charge in [-0.3, -0.25) is 9.59 Å². The zero-order valence-electron chi connectivity index (χ0n) is 18.1. The third kappa shape index (κ3) is 3.85. The van der Waals surface area contributed by atoms with Crippen molar-refractivity contribution in [1.82, 2.24) is 4.90 Å². The monoisotopic (exact) mass is 431 g/mol. The van der Waals surface area contributed by atoms with Gasteiger partial charge in [-0.05, 0) is 35.4 Å². The molecule has 6 heteroatoms. The number of benzene rings is 3. The molecule has 0 radical (unpaired) electrons. The van der Waals surface area contributed by atoms with E-state index < -0.39 is 17.7 Å². The Morgan fingerprint density at radius 2 is 1.78 bits per heavy atom. The van der Waals surface area contributed by atoms with Crippen LogP contribution in [0.2, 0.25) is 0 Å². The molecule has 32 heavy (non-hydrogen) atoms. The summed E-state index contributed by atoms with van der Waals surface area (Å²) in [7, 11) is 1.54. The van der Waals surface area contributed by atoms with Gasteiger partial charge in [-0.15, -0.1) is 0 Å². The summed E-state index contributed by atoms with van der Waals surface area (Å²) in [6.07, 6.45) is 0. The third-order valence-electron chi connectivity index (χ3n) is 5.61. The highest BCUT2D eigenvalue weighted by atomic mass is 16.5. The van der Waals surface area contributed by atoms with E-state index in [4.69, 9.17) is 9.47 Å². The number of hydrogen-bond acceptors (Lipinski definition) is 5. The molecule has 6 nitrogen and oxygen atoms in total. The summed E-state index contributed by atoms with van der Waals surface area (Å²) in [4.78, 5) is 27.6. The minimum absolute atomic E-state index is 0.0658. The molecule has 1 heterocycles. The smallest absolute Gasteiger partial charge is 0.295 e. The van der Waals surface area contributed by atoms with E-state index in [1.54, 1.807) is 31.4 Å². The number of ketones is 1. The maximum Gasteiger partial charge on any atom is 0.295 e. The topological polar surface area (TPSA) is 76.1 Å². The lowest BCUT2D eigenvalue weighted by molar-refractivity contribution is -0.140. The lowest BCUT2D eigenvalue weighted by Crippen LogP contribution is -2.32. The first-order chi connectivity index (χ1) is 15.6. The number of carbonyl (C=O) groups is 2. The molecule has 1 aliphatic rings. The lowest BCUT2D eigenvalue weighted by Gasteiger charge is -2.26. The van der Waals surface area contributed by atoms with Gasteiger partial charge in [0, 0.05) is 19.2 Å². The number of carbonyl (C=O) groups excluding carboxylic acids is 2.